The second kappa shape index (κ2) is 5.72. The van der Waals surface area contributed by atoms with E-state index in [4.69, 9.17) is 0 Å². The Labute approximate surface area is 132 Å². The molecule has 15 heavy (non-hydrogen) atoms. The molecule has 0 atom stereocenters. The number of nitrogens with zero attached hydrogens (tertiary/aromatic N) is 4. The molecule has 0 amide bonds. The summed E-state index contributed by atoms with van der Waals surface area (Å²) < 4.78 is 35.8. The van der Waals surface area contributed by atoms with Gasteiger partial charge in [0.25, 0.3) is 4.73 Å². The Morgan fingerprint density at radius 3 is 2.40 bits per heavy atom. The molecule has 0 unspecified atom stereocenters. The fraction of sp³-hybridized carbons (Fsp3) is 0.333. The molecule has 0 fully saturated rings. The zero-order valence-corrected chi connectivity index (χ0v) is 12.1. The van der Waals surface area contributed by atoms with Crippen LogP contribution in [0.3, 0.4) is 0 Å². The first-order valence-corrected chi connectivity index (χ1v) is 4.04. The number of rotatable bonds is 3. The molecule has 0 N–H and O–H groups in total. The van der Waals surface area contributed by atoms with E-state index in [1.807, 2.05) is 0 Å². The van der Waals surface area contributed by atoms with Gasteiger partial charge in [0, 0.05) is 27.5 Å². The van der Waals surface area contributed by atoms with Crippen molar-refractivity contribution in [3.63, 3.8) is 0 Å². The third-order valence-corrected chi connectivity index (χ3v) is 1.75. The summed E-state index contributed by atoms with van der Waals surface area (Å²) in [5.41, 5.74) is 0. The molecule has 0 aliphatic heterocycles. The van der Waals surface area contributed by atoms with Gasteiger partial charge < -0.3 is 23.1 Å². The van der Waals surface area contributed by atoms with E-state index >= 15 is 0 Å². The maximum absolute atomic E-state index is 11.9. The zero-order valence-electron chi connectivity index (χ0n) is 7.40. The molecule has 1 heterocycles. The van der Waals surface area contributed by atoms with Crippen LogP contribution in [0.5, 0.6) is 0 Å². The number of halogens is 4. The molecule has 1 aromatic rings. The van der Waals surface area contributed by atoms with E-state index in [1.165, 1.54) is 0 Å². The fourth-order valence-electron chi connectivity index (χ4n) is 0.701. The molecule has 12 heteroatoms. The summed E-state index contributed by atoms with van der Waals surface area (Å²) in [6.07, 6.45) is -1.36. The molecule has 0 radical (unpaired) electrons. The Kier molecular flexibility index (Phi) is 5.92. The first-order chi connectivity index (χ1) is 6.29. The normalized spacial score (nSPS) is 10.9. The summed E-state index contributed by atoms with van der Waals surface area (Å²) in [4.78, 5) is 12.3. The maximum Gasteiger partial charge on any atom is 1.00 e. The molecule has 1 aromatic heterocycles. The first kappa shape index (κ1) is 15.5. The van der Waals surface area contributed by atoms with Gasteiger partial charge in [-0.1, -0.05) is 0 Å². The van der Waals surface area contributed by atoms with Crippen LogP contribution in [0.25, 0.3) is 0 Å². The molecular formula is C3H2BBrF3KN4O2. The van der Waals surface area contributed by atoms with Crippen LogP contribution < -0.4 is 51.4 Å². The van der Waals surface area contributed by atoms with Gasteiger partial charge >= 0.3 is 64.3 Å². The molecular weight excluding hydrogens is 311 g/mol. The van der Waals surface area contributed by atoms with E-state index in [0.717, 1.165) is 0 Å². The Bertz CT molecular complexity index is 371. The van der Waals surface area contributed by atoms with Crippen LogP contribution in [0.1, 0.15) is 0 Å². The summed E-state index contributed by atoms with van der Waals surface area (Å²) in [7, 11) is 0. The molecule has 0 aliphatic rings. The topological polar surface area (TPSA) is 73.8 Å². The van der Waals surface area contributed by atoms with Gasteiger partial charge in [-0.15, -0.1) is 0 Å². The molecule has 0 bridgehead atoms. The summed E-state index contributed by atoms with van der Waals surface area (Å²) in [5.74, 6) is -0.864. The van der Waals surface area contributed by atoms with Gasteiger partial charge in [0.15, 0.2) is 0 Å². The van der Waals surface area contributed by atoms with Crippen LogP contribution in [-0.2, 0) is 6.44 Å². The molecule has 0 saturated heterocycles. The predicted molar refractivity (Wildman–Crippen MR) is 43.5 cm³/mol. The van der Waals surface area contributed by atoms with Gasteiger partial charge in [-0.2, -0.15) is 4.68 Å². The third kappa shape index (κ3) is 4.91. The van der Waals surface area contributed by atoms with Crippen molar-refractivity contribution >= 4 is 28.9 Å². The minimum absolute atomic E-state index is 0. The van der Waals surface area contributed by atoms with Gasteiger partial charge in [0.05, 0.1) is 0 Å². The van der Waals surface area contributed by atoms with Gasteiger partial charge in [0.2, 0.25) is 0 Å². The molecule has 0 saturated carbocycles. The summed E-state index contributed by atoms with van der Waals surface area (Å²) >= 11 is 2.63. The first-order valence-electron chi connectivity index (χ1n) is 3.25. The van der Waals surface area contributed by atoms with E-state index in [1.54, 1.807) is 0 Å². The summed E-state index contributed by atoms with van der Waals surface area (Å²) in [5, 5.41) is 13.2. The average Bonchev–Trinajstić information content (AvgIpc) is 2.29. The van der Waals surface area contributed by atoms with Crippen molar-refractivity contribution in [2.45, 2.75) is 6.44 Å². The van der Waals surface area contributed by atoms with E-state index in [2.05, 4.69) is 26.0 Å². The summed E-state index contributed by atoms with van der Waals surface area (Å²) in [6, 6.07) is 0. The van der Waals surface area contributed by atoms with Crippen LogP contribution in [0.2, 0.25) is 0 Å². The van der Waals surface area contributed by atoms with Crippen LogP contribution in [0.15, 0.2) is 4.73 Å². The Balaban J connectivity index is 0.00000196. The van der Waals surface area contributed by atoms with Gasteiger partial charge in [-0.05, 0) is 9.91 Å². The van der Waals surface area contributed by atoms with E-state index in [-0.39, 0.29) is 56.1 Å². The zero-order chi connectivity index (χ0) is 10.9. The fourth-order valence-corrected chi connectivity index (χ4v) is 1.08. The number of hydrogen-bond acceptors (Lipinski definition) is 4. The smallest absolute Gasteiger partial charge is 0.448 e. The maximum atomic E-state index is 11.9. The van der Waals surface area contributed by atoms with E-state index in [0.29, 0.717) is 4.68 Å². The number of hydrogen-bond donors (Lipinski definition) is 0. The van der Waals surface area contributed by atoms with Crippen molar-refractivity contribution < 1.29 is 69.3 Å². The second-order valence-corrected chi connectivity index (χ2v) is 3.04. The van der Waals surface area contributed by atoms with Crippen molar-refractivity contribution in [1.82, 2.24) is 14.8 Å². The van der Waals surface area contributed by atoms with E-state index in [9.17, 15) is 23.1 Å². The van der Waals surface area contributed by atoms with Gasteiger partial charge in [0.1, 0.15) is 0 Å². The van der Waals surface area contributed by atoms with Crippen molar-refractivity contribution in [3.05, 3.63) is 14.8 Å². The van der Waals surface area contributed by atoms with Gasteiger partial charge in [-0.3, -0.25) is 0 Å². The van der Waals surface area contributed by atoms with Crippen molar-refractivity contribution in [3.8, 4) is 0 Å². The molecule has 78 valence electrons. The third-order valence-electron chi connectivity index (χ3n) is 1.16. The number of aromatic nitrogens is 3. The van der Waals surface area contributed by atoms with Crippen molar-refractivity contribution in [1.29, 1.82) is 0 Å². The van der Waals surface area contributed by atoms with Crippen molar-refractivity contribution in [2.24, 2.45) is 0 Å². The Morgan fingerprint density at radius 2 is 2.07 bits per heavy atom. The Hall–Kier alpha value is 0.511. The monoisotopic (exact) mass is 312 g/mol. The second-order valence-electron chi connectivity index (χ2n) is 2.33. The average molecular weight is 313 g/mol. The molecule has 0 aliphatic carbocycles. The van der Waals surface area contributed by atoms with Crippen LogP contribution in [0, 0.1) is 10.1 Å². The van der Waals surface area contributed by atoms with Crippen LogP contribution in [-0.4, -0.2) is 26.7 Å². The molecule has 0 aromatic carbocycles. The van der Waals surface area contributed by atoms with E-state index < -0.39 is 24.3 Å². The molecule has 1 rings (SSSR count). The van der Waals surface area contributed by atoms with Crippen molar-refractivity contribution in [2.75, 3.05) is 0 Å². The molecule has 6 nitrogen and oxygen atoms in total. The molecule has 0 spiro atoms. The van der Waals surface area contributed by atoms with Gasteiger partial charge in [-0.25, -0.2) is 0 Å². The minimum atomic E-state index is -5.10. The van der Waals surface area contributed by atoms with Crippen LogP contribution in [0.4, 0.5) is 18.9 Å². The standard InChI is InChI=1S/C3H2BBrF3N4O2.K/c5-2-9-3(12(13)14)10-11(2)1-4(6,7)8;/h1H2;/q-1;+1. The quantitative estimate of drug-likeness (QED) is 0.380. The predicted octanol–water partition coefficient (Wildman–Crippen LogP) is -1.66. The Morgan fingerprint density at radius 1 is 1.53 bits per heavy atom. The number of nitro groups is 1. The largest absolute Gasteiger partial charge is 1.00 e. The minimum Gasteiger partial charge on any atom is -0.448 e. The summed E-state index contributed by atoms with van der Waals surface area (Å²) in [6.45, 7) is -5.10. The van der Waals surface area contributed by atoms with Crippen LogP contribution >= 0.6 is 15.9 Å². The SMILES string of the molecule is O=[N+]([O-])c1nc(Br)n(C[B-](F)(F)F)n1.[K+].